The van der Waals surface area contributed by atoms with E-state index in [1.54, 1.807) is 25.3 Å². The first-order valence-electron chi connectivity index (χ1n) is 7.63. The number of methoxy groups -OCH3 is 2. The summed E-state index contributed by atoms with van der Waals surface area (Å²) in [4.78, 5) is 11.8. The van der Waals surface area contributed by atoms with E-state index in [0.29, 0.717) is 36.1 Å². The van der Waals surface area contributed by atoms with Crippen molar-refractivity contribution in [2.45, 2.75) is 12.5 Å². The number of urea groups is 1. The van der Waals surface area contributed by atoms with Crippen molar-refractivity contribution in [3.63, 3.8) is 0 Å². The minimum absolute atomic E-state index is 0.0799. The van der Waals surface area contributed by atoms with Crippen LogP contribution >= 0.6 is 0 Å². The molecule has 7 nitrogen and oxygen atoms in total. The largest absolute Gasteiger partial charge is 0.497 e. The van der Waals surface area contributed by atoms with Crippen molar-refractivity contribution < 1.29 is 24.1 Å². The summed E-state index contributed by atoms with van der Waals surface area (Å²) in [6.07, 6.45) is 0.0739. The Bertz CT molecular complexity index is 517. The van der Waals surface area contributed by atoms with E-state index in [1.165, 1.54) is 7.11 Å². The maximum absolute atomic E-state index is 11.8. The lowest BCUT2D eigenvalue weighted by Gasteiger charge is -2.17. The maximum Gasteiger partial charge on any atom is 0.314 e. The molecular formula is C16H24N2O5. The zero-order valence-electron chi connectivity index (χ0n) is 13.5. The third-order valence-corrected chi connectivity index (χ3v) is 3.83. The van der Waals surface area contributed by atoms with Gasteiger partial charge in [0.05, 0.1) is 20.8 Å². The fourth-order valence-corrected chi connectivity index (χ4v) is 2.44. The van der Waals surface area contributed by atoms with Gasteiger partial charge in [-0.2, -0.15) is 0 Å². The van der Waals surface area contributed by atoms with E-state index in [-0.39, 0.29) is 12.6 Å². The monoisotopic (exact) mass is 324 g/mol. The summed E-state index contributed by atoms with van der Waals surface area (Å²) >= 11 is 0. The quantitative estimate of drug-likeness (QED) is 0.698. The van der Waals surface area contributed by atoms with Crippen molar-refractivity contribution in [2.75, 3.05) is 40.5 Å². The zero-order chi connectivity index (χ0) is 16.7. The van der Waals surface area contributed by atoms with Crippen LogP contribution in [-0.2, 0) is 4.74 Å². The number of carbonyl (C=O) groups excluding carboxylic acids is 1. The van der Waals surface area contributed by atoms with Crippen molar-refractivity contribution >= 4 is 6.03 Å². The van der Waals surface area contributed by atoms with Crippen LogP contribution in [0, 0.1) is 5.92 Å². The Morgan fingerprint density at radius 1 is 1.39 bits per heavy atom. The van der Waals surface area contributed by atoms with Crippen LogP contribution in [0.25, 0.3) is 0 Å². The van der Waals surface area contributed by atoms with Gasteiger partial charge in [-0.05, 0) is 24.6 Å². The van der Waals surface area contributed by atoms with Gasteiger partial charge in [-0.15, -0.1) is 0 Å². The van der Waals surface area contributed by atoms with Crippen molar-refractivity contribution in [1.82, 2.24) is 10.6 Å². The summed E-state index contributed by atoms with van der Waals surface area (Å²) in [6, 6.07) is 4.85. The number of hydrogen-bond donors (Lipinski definition) is 3. The van der Waals surface area contributed by atoms with Crippen LogP contribution in [0.4, 0.5) is 4.79 Å². The number of rotatable bonds is 7. The molecule has 1 heterocycles. The highest BCUT2D eigenvalue weighted by molar-refractivity contribution is 5.73. The van der Waals surface area contributed by atoms with Gasteiger partial charge in [0.25, 0.3) is 0 Å². The van der Waals surface area contributed by atoms with Crippen LogP contribution in [0.5, 0.6) is 11.5 Å². The van der Waals surface area contributed by atoms with E-state index in [1.807, 2.05) is 0 Å². The Labute approximate surface area is 135 Å². The minimum atomic E-state index is -0.888. The summed E-state index contributed by atoms with van der Waals surface area (Å²) in [5, 5.41) is 15.7. The lowest BCUT2D eigenvalue weighted by atomic mass is 10.1. The number of aliphatic hydroxyl groups excluding tert-OH is 1. The molecule has 1 fully saturated rings. The standard InChI is InChI=1S/C16H24N2O5/c1-21-12-3-4-15(22-2)13(7-12)14(19)9-18-16(20)17-8-11-5-6-23-10-11/h3-4,7,11,14,19H,5-6,8-10H2,1-2H3,(H2,17,18,20)/t11-,14+/m0/s1. The number of amides is 2. The molecule has 0 unspecified atom stereocenters. The van der Waals surface area contributed by atoms with Gasteiger partial charge in [0.15, 0.2) is 0 Å². The van der Waals surface area contributed by atoms with Gasteiger partial charge in [-0.25, -0.2) is 4.79 Å². The van der Waals surface area contributed by atoms with Gasteiger partial charge in [0, 0.05) is 31.2 Å². The predicted molar refractivity (Wildman–Crippen MR) is 84.8 cm³/mol. The maximum atomic E-state index is 11.8. The van der Waals surface area contributed by atoms with E-state index >= 15 is 0 Å². The molecule has 128 valence electrons. The molecule has 1 saturated heterocycles. The van der Waals surface area contributed by atoms with E-state index in [2.05, 4.69) is 10.6 Å². The Hall–Kier alpha value is -1.99. The van der Waals surface area contributed by atoms with Crippen molar-refractivity contribution in [1.29, 1.82) is 0 Å². The predicted octanol–water partition coefficient (Wildman–Crippen LogP) is 1.07. The summed E-state index contributed by atoms with van der Waals surface area (Å²) in [5.41, 5.74) is 0.566. The third kappa shape index (κ3) is 5.01. The van der Waals surface area contributed by atoms with E-state index in [4.69, 9.17) is 14.2 Å². The van der Waals surface area contributed by atoms with Crippen LogP contribution in [0.3, 0.4) is 0 Å². The first-order chi connectivity index (χ1) is 11.1. The summed E-state index contributed by atoms with van der Waals surface area (Å²) in [7, 11) is 3.08. The first-order valence-corrected chi connectivity index (χ1v) is 7.63. The minimum Gasteiger partial charge on any atom is -0.497 e. The molecule has 3 N–H and O–H groups in total. The van der Waals surface area contributed by atoms with Crippen LogP contribution in [0.1, 0.15) is 18.1 Å². The van der Waals surface area contributed by atoms with Crippen molar-refractivity contribution in [3.8, 4) is 11.5 Å². The van der Waals surface area contributed by atoms with Gasteiger partial charge < -0.3 is 30.0 Å². The van der Waals surface area contributed by atoms with Gasteiger partial charge in [-0.3, -0.25) is 0 Å². The molecule has 1 aromatic carbocycles. The van der Waals surface area contributed by atoms with E-state index < -0.39 is 6.10 Å². The topological polar surface area (TPSA) is 89.0 Å². The summed E-state index contributed by atoms with van der Waals surface area (Å²) < 4.78 is 15.6. The Kier molecular flexibility index (Phi) is 6.49. The second-order valence-electron chi connectivity index (χ2n) is 5.44. The molecule has 0 bridgehead atoms. The molecule has 1 aliphatic heterocycles. The Morgan fingerprint density at radius 3 is 2.87 bits per heavy atom. The molecule has 0 aliphatic carbocycles. The first kappa shape index (κ1) is 17.4. The molecule has 0 saturated carbocycles. The third-order valence-electron chi connectivity index (χ3n) is 3.83. The Balaban J connectivity index is 1.83. The zero-order valence-corrected chi connectivity index (χ0v) is 13.5. The normalized spacial score (nSPS) is 18.3. The number of nitrogens with one attached hydrogen (secondary N) is 2. The van der Waals surface area contributed by atoms with E-state index in [0.717, 1.165) is 13.0 Å². The highest BCUT2D eigenvalue weighted by Gasteiger charge is 2.18. The molecular weight excluding hydrogens is 300 g/mol. The van der Waals surface area contributed by atoms with Crippen molar-refractivity contribution in [2.24, 2.45) is 5.92 Å². The number of ether oxygens (including phenoxy) is 3. The lowest BCUT2D eigenvalue weighted by molar-refractivity contribution is 0.168. The highest BCUT2D eigenvalue weighted by atomic mass is 16.5. The van der Waals surface area contributed by atoms with Gasteiger partial charge in [0.1, 0.15) is 17.6 Å². The van der Waals surface area contributed by atoms with Crippen molar-refractivity contribution in [3.05, 3.63) is 23.8 Å². The van der Waals surface area contributed by atoms with E-state index in [9.17, 15) is 9.90 Å². The SMILES string of the molecule is COc1ccc(OC)c([C@H](O)CNC(=O)NC[C@@H]2CCOC2)c1. The van der Waals surface area contributed by atoms with Crippen LogP contribution in [0.2, 0.25) is 0 Å². The smallest absolute Gasteiger partial charge is 0.314 e. The molecule has 1 aromatic rings. The fraction of sp³-hybridized carbons (Fsp3) is 0.562. The second-order valence-corrected chi connectivity index (χ2v) is 5.44. The number of carbonyl (C=O) groups is 1. The average Bonchev–Trinajstić information content (AvgIpc) is 3.10. The fourth-order valence-electron chi connectivity index (χ4n) is 2.44. The molecule has 0 spiro atoms. The summed E-state index contributed by atoms with van der Waals surface area (Å²) in [5.74, 6) is 1.53. The molecule has 0 radical (unpaired) electrons. The molecule has 2 amide bonds. The second kappa shape index (κ2) is 8.59. The van der Waals surface area contributed by atoms with Crippen LogP contribution in [-0.4, -0.2) is 51.7 Å². The molecule has 0 aromatic heterocycles. The van der Waals surface area contributed by atoms with Crippen LogP contribution < -0.4 is 20.1 Å². The number of benzene rings is 1. The number of aliphatic hydroxyl groups is 1. The van der Waals surface area contributed by atoms with Gasteiger partial charge in [-0.1, -0.05) is 0 Å². The van der Waals surface area contributed by atoms with Crippen LogP contribution in [0.15, 0.2) is 18.2 Å². The number of hydrogen-bond acceptors (Lipinski definition) is 5. The molecule has 1 aliphatic rings. The molecule has 7 heteroatoms. The lowest BCUT2D eigenvalue weighted by Crippen LogP contribution is -2.40. The Morgan fingerprint density at radius 2 is 2.22 bits per heavy atom. The van der Waals surface area contributed by atoms with Gasteiger partial charge >= 0.3 is 6.03 Å². The molecule has 2 atom stereocenters. The highest BCUT2D eigenvalue weighted by Crippen LogP contribution is 2.29. The summed E-state index contributed by atoms with van der Waals surface area (Å²) in [6.45, 7) is 2.09. The molecule has 2 rings (SSSR count). The average molecular weight is 324 g/mol. The van der Waals surface area contributed by atoms with Gasteiger partial charge in [0.2, 0.25) is 0 Å². The molecule has 23 heavy (non-hydrogen) atoms.